The van der Waals surface area contributed by atoms with Crippen LogP contribution in [-0.2, 0) is 10.8 Å². The summed E-state index contributed by atoms with van der Waals surface area (Å²) >= 11 is 6.21. The smallest absolute Gasteiger partial charge is 0.0412 e. The van der Waals surface area contributed by atoms with Crippen LogP contribution >= 0.6 is 11.6 Å². The molecular formula is C18H19Cl. The highest BCUT2D eigenvalue weighted by Gasteiger charge is 2.45. The van der Waals surface area contributed by atoms with Gasteiger partial charge in [-0.1, -0.05) is 69.6 Å². The Hall–Kier alpha value is -1.27. The molecule has 0 saturated heterocycles. The zero-order valence-corrected chi connectivity index (χ0v) is 12.7. The van der Waals surface area contributed by atoms with Gasteiger partial charge in [0.2, 0.25) is 0 Å². The number of hydrogen-bond acceptors (Lipinski definition) is 0. The van der Waals surface area contributed by atoms with Crippen molar-refractivity contribution in [3.05, 3.63) is 58.6 Å². The second-order valence-electron chi connectivity index (χ2n) is 6.49. The van der Waals surface area contributed by atoms with Crippen LogP contribution < -0.4 is 0 Å². The lowest BCUT2D eigenvalue weighted by Gasteiger charge is -2.48. The lowest BCUT2D eigenvalue weighted by molar-refractivity contribution is 0.299. The Balaban J connectivity index is 2.43. The highest BCUT2D eigenvalue weighted by atomic mass is 35.5. The third kappa shape index (κ3) is 1.59. The second-order valence-corrected chi connectivity index (χ2v) is 6.92. The zero-order chi connectivity index (χ0) is 13.8. The molecule has 0 aromatic heterocycles. The standard InChI is InChI=1S/C18H19Cl/c1-17(2)15-8-6-5-7-13(15)14-11-12(19)9-10-16(14)18(17,3)4/h5-11H,1-4H3. The van der Waals surface area contributed by atoms with Gasteiger partial charge in [0.15, 0.2) is 0 Å². The van der Waals surface area contributed by atoms with Crippen molar-refractivity contribution in [2.75, 3.05) is 0 Å². The predicted octanol–water partition coefficient (Wildman–Crippen LogP) is 5.58. The van der Waals surface area contributed by atoms with Gasteiger partial charge in [-0.3, -0.25) is 0 Å². The average molecular weight is 271 g/mol. The van der Waals surface area contributed by atoms with Crippen molar-refractivity contribution in [3.8, 4) is 11.1 Å². The van der Waals surface area contributed by atoms with E-state index in [4.69, 9.17) is 11.6 Å². The molecule has 0 heterocycles. The minimum absolute atomic E-state index is 0.0846. The molecule has 0 unspecified atom stereocenters. The van der Waals surface area contributed by atoms with Crippen molar-refractivity contribution in [3.63, 3.8) is 0 Å². The fourth-order valence-corrected chi connectivity index (χ4v) is 3.39. The number of rotatable bonds is 0. The molecule has 1 heteroatoms. The van der Waals surface area contributed by atoms with Gasteiger partial charge in [-0.25, -0.2) is 0 Å². The topological polar surface area (TPSA) is 0 Å². The van der Waals surface area contributed by atoms with E-state index in [9.17, 15) is 0 Å². The first-order valence-electron chi connectivity index (χ1n) is 6.75. The third-order valence-electron chi connectivity index (χ3n) is 5.11. The summed E-state index contributed by atoms with van der Waals surface area (Å²) in [6.45, 7) is 9.33. The van der Waals surface area contributed by atoms with Crippen molar-refractivity contribution in [2.24, 2.45) is 0 Å². The van der Waals surface area contributed by atoms with Gasteiger partial charge in [-0.2, -0.15) is 0 Å². The summed E-state index contributed by atoms with van der Waals surface area (Å²) in [5, 5.41) is 0.809. The van der Waals surface area contributed by atoms with Crippen LogP contribution in [0.2, 0.25) is 5.02 Å². The Bertz CT molecular complexity index is 650. The molecule has 3 rings (SSSR count). The van der Waals surface area contributed by atoms with Crippen LogP contribution in [-0.4, -0.2) is 0 Å². The first kappa shape index (κ1) is 12.7. The third-order valence-corrected chi connectivity index (χ3v) is 5.34. The molecule has 19 heavy (non-hydrogen) atoms. The minimum Gasteiger partial charge on any atom is -0.0843 e. The van der Waals surface area contributed by atoms with Crippen LogP contribution in [0.1, 0.15) is 38.8 Å². The Kier molecular flexibility index (Phi) is 2.59. The van der Waals surface area contributed by atoms with Gasteiger partial charge in [-0.15, -0.1) is 0 Å². The number of benzene rings is 2. The monoisotopic (exact) mass is 270 g/mol. The summed E-state index contributed by atoms with van der Waals surface area (Å²) < 4.78 is 0. The molecule has 0 fully saturated rings. The minimum atomic E-state index is 0.0846. The fraction of sp³-hybridized carbons (Fsp3) is 0.333. The van der Waals surface area contributed by atoms with Gasteiger partial charge in [0.25, 0.3) is 0 Å². The number of hydrogen-bond donors (Lipinski definition) is 0. The van der Waals surface area contributed by atoms with Gasteiger partial charge in [-0.05, 0) is 45.2 Å². The van der Waals surface area contributed by atoms with Gasteiger partial charge in [0.1, 0.15) is 0 Å². The molecular weight excluding hydrogens is 252 g/mol. The number of fused-ring (bicyclic) bond motifs is 3. The molecule has 0 N–H and O–H groups in total. The van der Waals surface area contributed by atoms with E-state index in [1.54, 1.807) is 0 Å². The molecule has 0 saturated carbocycles. The van der Waals surface area contributed by atoms with E-state index >= 15 is 0 Å². The summed E-state index contributed by atoms with van der Waals surface area (Å²) in [5.41, 5.74) is 5.60. The van der Waals surface area contributed by atoms with E-state index in [0.29, 0.717) is 0 Å². The second kappa shape index (κ2) is 3.86. The maximum absolute atomic E-state index is 6.21. The zero-order valence-electron chi connectivity index (χ0n) is 11.9. The van der Waals surface area contributed by atoms with Gasteiger partial charge < -0.3 is 0 Å². The molecule has 0 nitrogen and oxygen atoms in total. The summed E-state index contributed by atoms with van der Waals surface area (Å²) in [4.78, 5) is 0. The lowest BCUT2D eigenvalue weighted by atomic mass is 9.55. The Morgan fingerprint density at radius 3 is 2.00 bits per heavy atom. The molecule has 0 radical (unpaired) electrons. The summed E-state index contributed by atoms with van der Waals surface area (Å²) in [6.07, 6.45) is 0. The Morgan fingerprint density at radius 2 is 1.32 bits per heavy atom. The van der Waals surface area contributed by atoms with Crippen LogP contribution in [0, 0.1) is 0 Å². The molecule has 0 spiro atoms. The van der Waals surface area contributed by atoms with E-state index in [2.05, 4.69) is 64.1 Å². The van der Waals surface area contributed by atoms with Gasteiger partial charge in [0, 0.05) is 5.02 Å². The molecule has 98 valence electrons. The van der Waals surface area contributed by atoms with Crippen LogP contribution in [0.15, 0.2) is 42.5 Å². The van der Waals surface area contributed by atoms with Crippen molar-refractivity contribution in [1.82, 2.24) is 0 Å². The van der Waals surface area contributed by atoms with Crippen molar-refractivity contribution < 1.29 is 0 Å². The lowest BCUT2D eigenvalue weighted by Crippen LogP contribution is -2.43. The van der Waals surface area contributed by atoms with Crippen molar-refractivity contribution in [1.29, 1.82) is 0 Å². The van der Waals surface area contributed by atoms with Gasteiger partial charge in [0.05, 0.1) is 0 Å². The normalized spacial score (nSPS) is 18.6. The largest absolute Gasteiger partial charge is 0.0843 e. The molecule has 0 atom stereocenters. The Labute approximate surface area is 120 Å². The van der Waals surface area contributed by atoms with Crippen LogP contribution in [0.4, 0.5) is 0 Å². The SMILES string of the molecule is CC1(C)c2ccccc2-c2cc(Cl)ccc2C1(C)C. The number of halogens is 1. The maximum atomic E-state index is 6.21. The molecule has 2 aromatic carbocycles. The Morgan fingerprint density at radius 1 is 0.737 bits per heavy atom. The van der Waals surface area contributed by atoms with Crippen LogP contribution in [0.3, 0.4) is 0 Å². The fourth-order valence-electron chi connectivity index (χ4n) is 3.22. The molecule has 2 aromatic rings. The van der Waals surface area contributed by atoms with E-state index in [1.807, 2.05) is 6.07 Å². The van der Waals surface area contributed by atoms with Crippen LogP contribution in [0.5, 0.6) is 0 Å². The van der Waals surface area contributed by atoms with Gasteiger partial charge >= 0.3 is 0 Å². The van der Waals surface area contributed by atoms with E-state index in [0.717, 1.165) is 5.02 Å². The molecule has 1 aliphatic carbocycles. The summed E-state index contributed by atoms with van der Waals surface area (Å²) in [5.74, 6) is 0. The van der Waals surface area contributed by atoms with Crippen molar-refractivity contribution in [2.45, 2.75) is 38.5 Å². The van der Waals surface area contributed by atoms with Crippen molar-refractivity contribution >= 4 is 11.6 Å². The molecule has 1 aliphatic rings. The average Bonchev–Trinajstić information content (AvgIpc) is 2.37. The maximum Gasteiger partial charge on any atom is 0.0412 e. The van der Waals surface area contributed by atoms with Crippen LogP contribution in [0.25, 0.3) is 11.1 Å². The van der Waals surface area contributed by atoms with E-state index in [-0.39, 0.29) is 10.8 Å². The summed E-state index contributed by atoms with van der Waals surface area (Å²) in [6, 6.07) is 15.0. The molecule has 0 amide bonds. The highest BCUT2D eigenvalue weighted by Crippen LogP contribution is 2.53. The molecule has 0 aliphatic heterocycles. The van der Waals surface area contributed by atoms with E-state index < -0.39 is 0 Å². The predicted molar refractivity (Wildman–Crippen MR) is 82.9 cm³/mol. The highest BCUT2D eigenvalue weighted by molar-refractivity contribution is 6.31. The first-order chi connectivity index (χ1) is 8.85. The first-order valence-corrected chi connectivity index (χ1v) is 7.13. The quantitative estimate of drug-likeness (QED) is 0.587. The molecule has 0 bridgehead atoms. The summed E-state index contributed by atoms with van der Waals surface area (Å²) in [7, 11) is 0. The van der Waals surface area contributed by atoms with E-state index in [1.165, 1.54) is 22.3 Å².